The maximum atomic E-state index is 2.54. The molecule has 0 N–H and O–H groups in total. The minimum absolute atomic E-state index is 0.202. The van der Waals surface area contributed by atoms with Crippen LogP contribution in [0.5, 0.6) is 0 Å². The standard InChI is InChI=1S/C17H29IS/c1-11-7-8-14(4)19-10-15(11)16-12(2)9-13(3)18-17(16,5)6/h9,11,14-16H,7-8,10H2,1-6H3/t11-,14?,15?,16+/m0/s1. The van der Waals surface area contributed by atoms with Gasteiger partial charge >= 0.3 is 0 Å². The van der Waals surface area contributed by atoms with Crippen molar-refractivity contribution >= 4 is 36.0 Å². The van der Waals surface area contributed by atoms with Gasteiger partial charge in [0.1, 0.15) is 0 Å². The molecular formula is C17H29IS. The summed E-state index contributed by atoms with van der Waals surface area (Å²) < 4.78 is 2.23. The first kappa shape index (κ1) is 16.1. The van der Waals surface area contributed by atoms with Gasteiger partial charge in [0.2, 0.25) is 0 Å². The lowest BCUT2D eigenvalue weighted by atomic mass is 9.72. The predicted octanol–water partition coefficient (Wildman–Crippen LogP) is 5.67. The maximum absolute atomic E-state index is 2.54. The van der Waals surface area contributed by atoms with Crippen LogP contribution in [0.3, 0.4) is 0 Å². The van der Waals surface area contributed by atoms with Crippen LogP contribution in [-0.4, -0.2) is 17.9 Å². The number of allylic oxidation sites excluding steroid dienone is 2. The molecule has 0 amide bonds. The van der Waals surface area contributed by atoms with E-state index < -0.39 is 0 Å². The van der Waals surface area contributed by atoms with Crippen molar-refractivity contribution in [1.82, 2.24) is 0 Å². The van der Waals surface area contributed by atoms with Crippen LogP contribution in [0.15, 0.2) is 11.6 Å². The molecule has 2 unspecified atom stereocenters. The Labute approximate surface area is 133 Å². The van der Waals surface area contributed by atoms with Crippen LogP contribution in [0.1, 0.15) is 54.4 Å². The Bertz CT molecular complexity index is 394. The van der Waals surface area contributed by atoms with Crippen molar-refractivity contribution < 1.29 is 0 Å². The quantitative estimate of drug-likeness (QED) is 0.409. The predicted molar refractivity (Wildman–Crippen MR) is 99.8 cm³/mol. The van der Waals surface area contributed by atoms with Crippen molar-refractivity contribution in [1.29, 1.82) is 0 Å². The number of rotatable bonds is 1. The van der Waals surface area contributed by atoms with E-state index in [0.717, 1.165) is 23.0 Å². The number of alkyl halides is 1. The van der Waals surface area contributed by atoms with E-state index in [1.54, 1.807) is 9.08 Å². The molecule has 19 heavy (non-hydrogen) atoms. The first-order chi connectivity index (χ1) is 8.81. The van der Waals surface area contributed by atoms with Crippen molar-refractivity contribution in [3.05, 3.63) is 11.6 Å². The molecule has 1 saturated heterocycles. The topological polar surface area (TPSA) is 0 Å². The highest BCUT2D eigenvalue weighted by molar-refractivity contribution is 14.2. The van der Waals surface area contributed by atoms with Crippen LogP contribution in [-0.2, 0) is 0 Å². The van der Waals surface area contributed by atoms with Crippen molar-refractivity contribution in [2.45, 2.75) is 63.1 Å². The first-order valence-electron chi connectivity index (χ1n) is 7.60. The summed E-state index contributed by atoms with van der Waals surface area (Å²) in [6, 6.07) is 0. The Hall–Kier alpha value is 0.690. The Balaban J connectivity index is 2.26. The number of hydrogen-bond donors (Lipinski definition) is 0. The summed E-state index contributed by atoms with van der Waals surface area (Å²) in [5.41, 5.74) is 1.67. The third kappa shape index (κ3) is 3.66. The molecule has 110 valence electrons. The summed E-state index contributed by atoms with van der Waals surface area (Å²) in [7, 11) is 0. The summed E-state index contributed by atoms with van der Waals surface area (Å²) in [6.45, 7) is 14.7. The van der Waals surface area contributed by atoms with Crippen LogP contribution >= 0.6 is 32.5 Å². The summed E-state index contributed by atoms with van der Waals surface area (Å²) in [5.74, 6) is 4.00. The van der Waals surface area contributed by atoms with Gasteiger partial charge < -0.3 is 0 Å². The zero-order chi connectivity index (χ0) is 14.2. The minimum Gasteiger partial charge on any atom is -0.159 e. The number of hydrogen-bond acceptors (Lipinski definition) is 1. The van der Waals surface area contributed by atoms with Gasteiger partial charge in [-0.05, 0) is 53.7 Å². The van der Waals surface area contributed by atoms with Crippen LogP contribution in [0, 0.1) is 17.8 Å². The highest BCUT2D eigenvalue weighted by Gasteiger charge is 2.40. The van der Waals surface area contributed by atoms with Crippen molar-refractivity contribution in [2.75, 3.05) is 5.75 Å². The van der Waals surface area contributed by atoms with Gasteiger partial charge in [-0.3, -0.25) is 0 Å². The second-order valence-corrected chi connectivity index (χ2v) is 13.5. The van der Waals surface area contributed by atoms with E-state index in [2.05, 4.69) is 59.4 Å². The van der Waals surface area contributed by atoms with Gasteiger partial charge in [-0.1, -0.05) is 39.3 Å². The summed E-state index contributed by atoms with van der Waals surface area (Å²) in [6.07, 6.45) is 5.37. The van der Waals surface area contributed by atoms with Crippen LogP contribution < -0.4 is 0 Å². The lowest BCUT2D eigenvalue weighted by molar-refractivity contribution is 0.259. The summed E-state index contributed by atoms with van der Waals surface area (Å²) >= 11 is 2.43. The molecule has 0 spiro atoms. The molecule has 2 heteroatoms. The fourth-order valence-electron chi connectivity index (χ4n) is 3.92. The molecule has 2 rings (SSSR count). The fraction of sp³-hybridized carbons (Fsp3) is 0.824. The van der Waals surface area contributed by atoms with Crippen molar-refractivity contribution in [2.24, 2.45) is 17.8 Å². The Kier molecular flexibility index (Phi) is 5.25. The van der Waals surface area contributed by atoms with Gasteiger partial charge in [0.05, 0.1) is 0 Å². The summed E-state index contributed by atoms with van der Waals surface area (Å²) in [4.78, 5) is 0. The molecule has 0 radical (unpaired) electrons. The minimum atomic E-state index is 0.202. The van der Waals surface area contributed by atoms with Gasteiger partial charge in [-0.25, -0.2) is 0 Å². The molecule has 2 heterocycles. The second-order valence-electron chi connectivity index (χ2n) is 6.97. The van der Waals surface area contributed by atoms with E-state index in [-0.39, 0.29) is 20.7 Å². The Morgan fingerprint density at radius 3 is 2.53 bits per heavy atom. The fourth-order valence-corrected chi connectivity index (χ4v) is 9.42. The van der Waals surface area contributed by atoms with Gasteiger partial charge in [0.15, 0.2) is 0 Å². The van der Waals surface area contributed by atoms with Gasteiger partial charge in [-0.15, -0.1) is 20.7 Å². The van der Waals surface area contributed by atoms with Crippen LogP contribution in [0.2, 0.25) is 0 Å². The smallest absolute Gasteiger partial charge is 0.0189 e. The van der Waals surface area contributed by atoms with E-state index in [0.29, 0.717) is 3.42 Å². The largest absolute Gasteiger partial charge is 0.159 e. The van der Waals surface area contributed by atoms with Crippen LogP contribution in [0.4, 0.5) is 0 Å². The van der Waals surface area contributed by atoms with E-state index in [4.69, 9.17) is 0 Å². The zero-order valence-electron chi connectivity index (χ0n) is 13.3. The van der Waals surface area contributed by atoms with E-state index >= 15 is 0 Å². The van der Waals surface area contributed by atoms with E-state index in [1.807, 2.05) is 0 Å². The molecule has 0 aliphatic carbocycles. The van der Waals surface area contributed by atoms with Gasteiger partial charge in [0.25, 0.3) is 0 Å². The van der Waals surface area contributed by atoms with E-state index in [1.165, 1.54) is 18.6 Å². The SMILES string of the molecule is CC1=CC(C)=IC(C)(C)[C@H]1C1CSC(C)CC[C@@H]1C. The third-order valence-corrected chi connectivity index (χ3v) is 9.42. The van der Waals surface area contributed by atoms with Gasteiger partial charge in [0, 0.05) is 8.67 Å². The molecule has 4 atom stereocenters. The number of thioether (sulfide) groups is 1. The van der Waals surface area contributed by atoms with Crippen molar-refractivity contribution in [3.63, 3.8) is 0 Å². The molecule has 0 bridgehead atoms. The van der Waals surface area contributed by atoms with Gasteiger partial charge in [-0.2, -0.15) is 11.8 Å². The van der Waals surface area contributed by atoms with Crippen LogP contribution in [0.25, 0.3) is 0 Å². The molecule has 2 aliphatic rings. The molecule has 1 fully saturated rings. The zero-order valence-corrected chi connectivity index (χ0v) is 16.3. The first-order valence-corrected chi connectivity index (χ1v) is 10.8. The molecule has 0 aromatic heterocycles. The molecular weight excluding hydrogens is 363 g/mol. The summed E-state index contributed by atoms with van der Waals surface area (Å²) in [5, 5.41) is 0.867. The van der Waals surface area contributed by atoms with E-state index in [9.17, 15) is 0 Å². The average molecular weight is 392 g/mol. The molecule has 0 nitrogen and oxygen atoms in total. The number of halogens is 1. The lowest BCUT2D eigenvalue weighted by Crippen LogP contribution is -2.38. The molecule has 2 aliphatic heterocycles. The maximum Gasteiger partial charge on any atom is 0.0189 e. The monoisotopic (exact) mass is 392 g/mol. The normalized spacial score (nSPS) is 39.7. The highest BCUT2D eigenvalue weighted by Crippen LogP contribution is 2.49. The third-order valence-electron chi connectivity index (χ3n) is 4.81. The Morgan fingerprint density at radius 1 is 1.21 bits per heavy atom. The average Bonchev–Trinajstić information content (AvgIpc) is 2.41. The highest BCUT2D eigenvalue weighted by atomic mass is 127. The second kappa shape index (κ2) is 6.21. The molecule has 0 aromatic carbocycles. The van der Waals surface area contributed by atoms with Crippen molar-refractivity contribution in [3.8, 4) is 0 Å². The molecule has 0 saturated carbocycles. The Morgan fingerprint density at radius 2 is 1.89 bits per heavy atom. The lowest BCUT2D eigenvalue weighted by Gasteiger charge is -2.42. The molecule has 0 aromatic rings.